The highest BCUT2D eigenvalue weighted by Gasteiger charge is 2.24. The fourth-order valence-corrected chi connectivity index (χ4v) is 2.35. The Morgan fingerprint density at radius 2 is 2.36 bits per heavy atom. The van der Waals surface area contributed by atoms with Crippen molar-refractivity contribution in [2.45, 2.75) is 12.3 Å². The van der Waals surface area contributed by atoms with Gasteiger partial charge in [0.2, 0.25) is 0 Å². The molecule has 0 radical (unpaired) electrons. The van der Waals surface area contributed by atoms with E-state index in [0.29, 0.717) is 5.92 Å². The third kappa shape index (κ3) is 1.06. The van der Waals surface area contributed by atoms with Crippen molar-refractivity contribution in [3.63, 3.8) is 0 Å². The minimum Gasteiger partial charge on any atom is -0.312 e. The zero-order valence-corrected chi connectivity index (χ0v) is 7.86. The van der Waals surface area contributed by atoms with Crippen LogP contribution in [0.15, 0.2) is 28.6 Å². The molecule has 72 valence electrons. The van der Waals surface area contributed by atoms with Crippen LogP contribution in [-0.4, -0.2) is 17.7 Å². The summed E-state index contributed by atoms with van der Waals surface area (Å²) in [7, 11) is 0. The molecule has 1 aromatic rings. The van der Waals surface area contributed by atoms with Gasteiger partial charge in [-0.25, -0.2) is 0 Å². The Hall–Kier alpha value is -1.35. The van der Waals surface area contributed by atoms with Gasteiger partial charge in [0.05, 0.1) is 0 Å². The van der Waals surface area contributed by atoms with Gasteiger partial charge in [-0.15, -0.1) is 0 Å². The Morgan fingerprint density at radius 1 is 1.43 bits per heavy atom. The molecule has 3 heteroatoms. The molecule has 1 aromatic heterocycles. The van der Waals surface area contributed by atoms with Gasteiger partial charge >= 0.3 is 0 Å². The van der Waals surface area contributed by atoms with E-state index in [1.54, 1.807) is 10.6 Å². The molecule has 2 aliphatic rings. The first-order valence-electron chi connectivity index (χ1n) is 4.96. The maximum absolute atomic E-state index is 11.6. The van der Waals surface area contributed by atoms with Crippen LogP contribution < -0.4 is 10.9 Å². The molecule has 1 unspecified atom stereocenters. The molecular formula is C11H12N2O. The second-order valence-corrected chi connectivity index (χ2v) is 3.98. The van der Waals surface area contributed by atoms with Crippen molar-refractivity contribution < 1.29 is 0 Å². The van der Waals surface area contributed by atoms with Crippen LogP contribution in [0.3, 0.4) is 0 Å². The number of nitrogens with one attached hydrogen (secondary N) is 1. The number of aromatic nitrogens is 1. The highest BCUT2D eigenvalue weighted by atomic mass is 16.1. The molecule has 14 heavy (non-hydrogen) atoms. The lowest BCUT2D eigenvalue weighted by atomic mass is 9.90. The predicted octanol–water partition coefficient (Wildman–Crippen LogP) is 0.780. The number of hydrogen-bond donors (Lipinski definition) is 1. The first kappa shape index (κ1) is 8.00. The summed E-state index contributed by atoms with van der Waals surface area (Å²) in [5.41, 5.74) is 2.57. The first-order valence-corrected chi connectivity index (χ1v) is 4.96. The minimum absolute atomic E-state index is 0.0894. The Morgan fingerprint density at radius 3 is 3.29 bits per heavy atom. The third-order valence-corrected chi connectivity index (χ3v) is 3.00. The zero-order valence-electron chi connectivity index (χ0n) is 7.86. The van der Waals surface area contributed by atoms with Gasteiger partial charge in [-0.2, -0.15) is 0 Å². The quantitative estimate of drug-likeness (QED) is 0.652. The molecule has 0 aromatic carbocycles. The molecule has 1 N–H and O–H groups in total. The summed E-state index contributed by atoms with van der Waals surface area (Å²) < 4.78 is 1.80. The Balaban J connectivity index is 2.26. The topological polar surface area (TPSA) is 34.0 Å². The van der Waals surface area contributed by atoms with Gasteiger partial charge < -0.3 is 5.32 Å². The van der Waals surface area contributed by atoms with E-state index in [1.807, 2.05) is 18.3 Å². The SMILES string of the molecule is O=c1cccc2n1C=C1CNCC2C1. The molecule has 0 aliphatic carbocycles. The van der Waals surface area contributed by atoms with E-state index in [4.69, 9.17) is 0 Å². The van der Waals surface area contributed by atoms with Gasteiger partial charge in [0.1, 0.15) is 0 Å². The third-order valence-electron chi connectivity index (χ3n) is 3.00. The molecule has 3 rings (SSSR count). The number of pyridine rings is 1. The van der Waals surface area contributed by atoms with E-state index in [0.717, 1.165) is 25.2 Å². The molecule has 0 amide bonds. The molecule has 1 atom stereocenters. The molecule has 2 aliphatic heterocycles. The second-order valence-electron chi connectivity index (χ2n) is 3.98. The lowest BCUT2D eigenvalue weighted by Gasteiger charge is -2.31. The number of hydrogen-bond acceptors (Lipinski definition) is 2. The fourth-order valence-electron chi connectivity index (χ4n) is 2.35. The van der Waals surface area contributed by atoms with Crippen molar-refractivity contribution in [2.75, 3.05) is 13.1 Å². The lowest BCUT2D eigenvalue weighted by Crippen LogP contribution is -2.36. The van der Waals surface area contributed by atoms with Crippen LogP contribution in [0, 0.1) is 0 Å². The average molecular weight is 188 g/mol. The monoisotopic (exact) mass is 188 g/mol. The maximum atomic E-state index is 11.6. The van der Waals surface area contributed by atoms with Gasteiger partial charge in [-0.3, -0.25) is 9.36 Å². The summed E-state index contributed by atoms with van der Waals surface area (Å²) in [6.07, 6.45) is 3.09. The summed E-state index contributed by atoms with van der Waals surface area (Å²) in [5, 5.41) is 3.36. The van der Waals surface area contributed by atoms with Gasteiger partial charge in [0.15, 0.2) is 0 Å². The highest BCUT2D eigenvalue weighted by Crippen LogP contribution is 2.29. The summed E-state index contributed by atoms with van der Waals surface area (Å²) in [6.45, 7) is 1.91. The van der Waals surface area contributed by atoms with Crippen LogP contribution in [0.5, 0.6) is 0 Å². The Kier molecular flexibility index (Phi) is 1.61. The number of piperidine rings is 1. The molecule has 1 fully saturated rings. The molecule has 2 bridgehead atoms. The van der Waals surface area contributed by atoms with Crippen molar-refractivity contribution in [1.29, 1.82) is 0 Å². The number of fused-ring (bicyclic) bond motifs is 4. The molecule has 0 spiro atoms. The van der Waals surface area contributed by atoms with E-state index in [-0.39, 0.29) is 5.56 Å². The second kappa shape index (κ2) is 2.82. The smallest absolute Gasteiger partial charge is 0.254 e. The lowest BCUT2D eigenvalue weighted by molar-refractivity contribution is 0.507. The van der Waals surface area contributed by atoms with E-state index in [9.17, 15) is 4.79 Å². The highest BCUT2D eigenvalue weighted by molar-refractivity contribution is 5.42. The Bertz CT molecular complexity index is 459. The van der Waals surface area contributed by atoms with E-state index in [2.05, 4.69) is 5.32 Å². The molecular weight excluding hydrogens is 176 g/mol. The van der Waals surface area contributed by atoms with Gasteiger partial charge in [0, 0.05) is 37.0 Å². The summed E-state index contributed by atoms with van der Waals surface area (Å²) in [6, 6.07) is 5.52. The number of rotatable bonds is 0. The summed E-state index contributed by atoms with van der Waals surface area (Å²) in [5.74, 6) is 0.484. The van der Waals surface area contributed by atoms with Crippen LogP contribution in [0.25, 0.3) is 6.20 Å². The molecule has 3 heterocycles. The fraction of sp³-hybridized carbons (Fsp3) is 0.364. The van der Waals surface area contributed by atoms with Crippen molar-refractivity contribution >= 4 is 6.20 Å². The largest absolute Gasteiger partial charge is 0.312 e. The van der Waals surface area contributed by atoms with Crippen molar-refractivity contribution in [2.24, 2.45) is 0 Å². The van der Waals surface area contributed by atoms with Crippen LogP contribution in [0.4, 0.5) is 0 Å². The van der Waals surface area contributed by atoms with E-state index in [1.165, 1.54) is 5.57 Å². The van der Waals surface area contributed by atoms with Gasteiger partial charge in [-0.05, 0) is 18.1 Å². The minimum atomic E-state index is 0.0894. The zero-order chi connectivity index (χ0) is 9.54. The molecule has 1 saturated heterocycles. The summed E-state index contributed by atoms with van der Waals surface area (Å²) in [4.78, 5) is 11.6. The standard InChI is InChI=1S/C11H12N2O/c14-11-3-1-2-10-9-4-8(5-12-6-9)7-13(10)11/h1-3,7,9,12H,4-6H2. The van der Waals surface area contributed by atoms with Crippen molar-refractivity contribution in [3.8, 4) is 0 Å². The normalized spacial score (nSPS) is 24.0. The Labute approximate surface area is 82.1 Å². The first-order chi connectivity index (χ1) is 6.84. The maximum Gasteiger partial charge on any atom is 0.254 e. The van der Waals surface area contributed by atoms with E-state index >= 15 is 0 Å². The van der Waals surface area contributed by atoms with Crippen LogP contribution in [0.2, 0.25) is 0 Å². The summed E-state index contributed by atoms with van der Waals surface area (Å²) >= 11 is 0. The van der Waals surface area contributed by atoms with Gasteiger partial charge in [0.25, 0.3) is 5.56 Å². The molecule has 0 saturated carbocycles. The molecule has 3 nitrogen and oxygen atoms in total. The van der Waals surface area contributed by atoms with Crippen LogP contribution in [0.1, 0.15) is 18.0 Å². The number of nitrogens with zero attached hydrogens (tertiary/aromatic N) is 1. The van der Waals surface area contributed by atoms with E-state index < -0.39 is 0 Å². The van der Waals surface area contributed by atoms with Crippen molar-refractivity contribution in [1.82, 2.24) is 9.88 Å². The van der Waals surface area contributed by atoms with Crippen LogP contribution >= 0.6 is 0 Å². The van der Waals surface area contributed by atoms with Gasteiger partial charge in [-0.1, -0.05) is 6.07 Å². The average Bonchev–Trinajstić information content (AvgIpc) is 2.20. The van der Waals surface area contributed by atoms with Crippen LogP contribution in [-0.2, 0) is 0 Å². The van der Waals surface area contributed by atoms with Crippen molar-refractivity contribution in [3.05, 3.63) is 39.8 Å². The predicted molar refractivity (Wildman–Crippen MR) is 55.2 cm³/mol.